The van der Waals surface area contributed by atoms with Gasteiger partial charge in [-0.1, -0.05) is 11.6 Å². The van der Waals surface area contributed by atoms with Gasteiger partial charge < -0.3 is 14.9 Å². The normalized spacial score (nSPS) is 10.7. The number of carbonyl (C=O) groups excluding carboxylic acids is 1. The molecule has 2 N–H and O–H groups in total. The number of likely N-dealkylation sites (N-methyl/N-ethyl adjacent to an activating group) is 1. The van der Waals surface area contributed by atoms with Crippen LogP contribution in [-0.4, -0.2) is 39.4 Å². The van der Waals surface area contributed by atoms with E-state index in [1.165, 1.54) is 6.20 Å². The number of nitrogens with zero attached hydrogens (tertiary/aromatic N) is 3. The first-order valence-corrected chi connectivity index (χ1v) is 7.43. The van der Waals surface area contributed by atoms with Crippen LogP contribution < -0.4 is 0 Å². The van der Waals surface area contributed by atoms with Gasteiger partial charge in [-0.3, -0.25) is 4.79 Å². The molecular formula is C16H14ClN5O. The number of benzene rings is 1. The average Bonchev–Trinajstić information content (AvgIpc) is 3.17. The number of amides is 1. The van der Waals surface area contributed by atoms with E-state index in [4.69, 9.17) is 16.9 Å². The van der Waals surface area contributed by atoms with E-state index in [1.807, 2.05) is 18.2 Å². The fourth-order valence-corrected chi connectivity index (χ4v) is 2.49. The number of halogens is 1. The van der Waals surface area contributed by atoms with E-state index in [2.05, 4.69) is 15.0 Å². The molecule has 0 saturated heterocycles. The van der Waals surface area contributed by atoms with Gasteiger partial charge in [-0.05, 0) is 24.3 Å². The summed E-state index contributed by atoms with van der Waals surface area (Å²) >= 11 is 5.95. The Bertz CT molecular complexity index is 905. The Hall–Kier alpha value is -2.78. The molecule has 2 aromatic heterocycles. The second-order valence-corrected chi connectivity index (χ2v) is 5.67. The number of imidazole rings is 1. The van der Waals surface area contributed by atoms with Crippen molar-refractivity contribution in [3.8, 4) is 6.07 Å². The molecule has 3 aromatic rings. The topological polar surface area (TPSA) is 88.6 Å². The Morgan fingerprint density at radius 3 is 3.00 bits per heavy atom. The van der Waals surface area contributed by atoms with Crippen LogP contribution in [0.5, 0.6) is 0 Å². The number of hydrogen-bond donors (Lipinski definition) is 2. The highest BCUT2D eigenvalue weighted by atomic mass is 35.5. The van der Waals surface area contributed by atoms with Crippen molar-refractivity contribution >= 4 is 28.5 Å². The maximum absolute atomic E-state index is 12.2. The standard InChI is InChI=1S/C16H14ClN5O/c1-22(16(23)14-6-10(8-18)9-19-14)5-4-15-20-12-3-2-11(17)7-13(12)21-15/h2-3,6-7,9,19H,4-5H2,1H3,(H,20,21). The SMILES string of the molecule is CN(CCc1nc2ccc(Cl)cc2[nH]1)C(=O)c1cc(C#N)c[nH]1. The lowest BCUT2D eigenvalue weighted by molar-refractivity contribution is 0.0791. The van der Waals surface area contributed by atoms with Crippen LogP contribution in [0, 0.1) is 11.3 Å². The first-order valence-electron chi connectivity index (χ1n) is 7.05. The third-order valence-electron chi connectivity index (χ3n) is 3.57. The van der Waals surface area contributed by atoms with Gasteiger partial charge in [0.25, 0.3) is 5.91 Å². The average molecular weight is 328 g/mol. The van der Waals surface area contributed by atoms with Crippen LogP contribution in [0.25, 0.3) is 11.0 Å². The zero-order valence-corrected chi connectivity index (χ0v) is 13.2. The quantitative estimate of drug-likeness (QED) is 0.772. The molecule has 0 saturated carbocycles. The molecule has 0 aliphatic carbocycles. The molecule has 23 heavy (non-hydrogen) atoms. The zero-order chi connectivity index (χ0) is 16.4. The van der Waals surface area contributed by atoms with Crippen molar-refractivity contribution in [2.24, 2.45) is 0 Å². The van der Waals surface area contributed by atoms with Gasteiger partial charge in [0.1, 0.15) is 17.6 Å². The van der Waals surface area contributed by atoms with Gasteiger partial charge in [-0.2, -0.15) is 5.26 Å². The largest absolute Gasteiger partial charge is 0.356 e. The lowest BCUT2D eigenvalue weighted by atomic mass is 10.3. The summed E-state index contributed by atoms with van der Waals surface area (Å²) in [6, 6.07) is 9.01. The van der Waals surface area contributed by atoms with E-state index in [0.29, 0.717) is 29.2 Å². The van der Waals surface area contributed by atoms with Crippen LogP contribution >= 0.6 is 11.6 Å². The second kappa shape index (κ2) is 6.15. The molecule has 0 bridgehead atoms. The molecule has 0 radical (unpaired) electrons. The van der Waals surface area contributed by atoms with Gasteiger partial charge in [0.2, 0.25) is 0 Å². The number of aromatic amines is 2. The summed E-state index contributed by atoms with van der Waals surface area (Å²) in [7, 11) is 1.72. The number of hydrogen-bond acceptors (Lipinski definition) is 3. The summed E-state index contributed by atoms with van der Waals surface area (Å²) in [6.45, 7) is 0.507. The summed E-state index contributed by atoms with van der Waals surface area (Å²) in [6.07, 6.45) is 2.12. The zero-order valence-electron chi connectivity index (χ0n) is 12.4. The Kier molecular flexibility index (Phi) is 4.04. The van der Waals surface area contributed by atoms with Gasteiger partial charge in [-0.15, -0.1) is 0 Å². The fraction of sp³-hybridized carbons (Fsp3) is 0.188. The van der Waals surface area contributed by atoms with Crippen LogP contribution in [0.3, 0.4) is 0 Å². The molecule has 3 rings (SSSR count). The molecule has 0 spiro atoms. The van der Waals surface area contributed by atoms with Crippen molar-refractivity contribution in [3.05, 3.63) is 52.6 Å². The Morgan fingerprint density at radius 2 is 2.26 bits per heavy atom. The van der Waals surface area contributed by atoms with E-state index >= 15 is 0 Å². The Balaban J connectivity index is 1.66. The van der Waals surface area contributed by atoms with Crippen LogP contribution in [0.2, 0.25) is 5.02 Å². The highest BCUT2D eigenvalue weighted by Gasteiger charge is 2.14. The van der Waals surface area contributed by atoms with Crippen molar-refractivity contribution in [2.75, 3.05) is 13.6 Å². The van der Waals surface area contributed by atoms with Crippen LogP contribution in [0.4, 0.5) is 0 Å². The first kappa shape index (κ1) is 15.1. The van der Waals surface area contributed by atoms with Gasteiger partial charge >= 0.3 is 0 Å². The summed E-state index contributed by atoms with van der Waals surface area (Å²) in [5.74, 6) is 0.636. The molecule has 1 amide bonds. The Labute approximate surface area is 137 Å². The monoisotopic (exact) mass is 327 g/mol. The minimum atomic E-state index is -0.161. The summed E-state index contributed by atoms with van der Waals surface area (Å²) in [5, 5.41) is 9.45. The lowest BCUT2D eigenvalue weighted by Crippen LogP contribution is -2.29. The van der Waals surface area contributed by atoms with Gasteiger partial charge in [-0.25, -0.2) is 4.98 Å². The van der Waals surface area contributed by atoms with Crippen LogP contribution in [0.15, 0.2) is 30.5 Å². The number of rotatable bonds is 4. The van der Waals surface area contributed by atoms with E-state index in [1.54, 1.807) is 24.1 Å². The molecule has 7 heteroatoms. The fourth-order valence-electron chi connectivity index (χ4n) is 2.32. The maximum atomic E-state index is 12.2. The molecule has 0 aliphatic rings. The molecular weight excluding hydrogens is 314 g/mol. The lowest BCUT2D eigenvalue weighted by Gasteiger charge is -2.15. The minimum absolute atomic E-state index is 0.161. The summed E-state index contributed by atoms with van der Waals surface area (Å²) < 4.78 is 0. The molecule has 1 aromatic carbocycles. The maximum Gasteiger partial charge on any atom is 0.270 e. The van der Waals surface area contributed by atoms with E-state index < -0.39 is 0 Å². The van der Waals surface area contributed by atoms with Crippen molar-refractivity contribution in [1.82, 2.24) is 19.9 Å². The molecule has 6 nitrogen and oxygen atoms in total. The predicted molar refractivity (Wildman–Crippen MR) is 87.3 cm³/mol. The number of nitriles is 1. The number of fused-ring (bicyclic) bond motifs is 1. The van der Waals surface area contributed by atoms with Crippen molar-refractivity contribution in [2.45, 2.75) is 6.42 Å². The van der Waals surface area contributed by atoms with E-state index in [9.17, 15) is 4.79 Å². The highest BCUT2D eigenvalue weighted by Crippen LogP contribution is 2.17. The number of carbonyl (C=O) groups is 1. The van der Waals surface area contributed by atoms with Crippen LogP contribution in [-0.2, 0) is 6.42 Å². The number of H-pyrrole nitrogens is 2. The second-order valence-electron chi connectivity index (χ2n) is 5.24. The first-order chi connectivity index (χ1) is 11.1. The van der Waals surface area contributed by atoms with Crippen LogP contribution in [0.1, 0.15) is 21.9 Å². The molecule has 0 unspecified atom stereocenters. The van der Waals surface area contributed by atoms with Crippen molar-refractivity contribution in [1.29, 1.82) is 5.26 Å². The molecule has 2 heterocycles. The molecule has 0 fully saturated rings. The third kappa shape index (κ3) is 3.20. The highest BCUT2D eigenvalue weighted by molar-refractivity contribution is 6.31. The van der Waals surface area contributed by atoms with Gasteiger partial charge in [0, 0.05) is 31.2 Å². The summed E-state index contributed by atoms with van der Waals surface area (Å²) in [4.78, 5) is 24.3. The van der Waals surface area contributed by atoms with Crippen molar-refractivity contribution in [3.63, 3.8) is 0 Å². The molecule has 116 valence electrons. The number of nitrogens with one attached hydrogen (secondary N) is 2. The molecule has 0 atom stereocenters. The Morgan fingerprint density at radius 1 is 1.43 bits per heavy atom. The third-order valence-corrected chi connectivity index (χ3v) is 3.80. The smallest absolute Gasteiger partial charge is 0.270 e. The van der Waals surface area contributed by atoms with Gasteiger partial charge in [0.15, 0.2) is 0 Å². The molecule has 0 aliphatic heterocycles. The van der Waals surface area contributed by atoms with E-state index in [0.717, 1.165) is 16.9 Å². The van der Waals surface area contributed by atoms with Crippen molar-refractivity contribution < 1.29 is 4.79 Å². The van der Waals surface area contributed by atoms with E-state index in [-0.39, 0.29) is 5.91 Å². The predicted octanol–water partition coefficient (Wildman–Crippen LogP) is 2.73. The van der Waals surface area contributed by atoms with Gasteiger partial charge in [0.05, 0.1) is 16.6 Å². The minimum Gasteiger partial charge on any atom is -0.356 e. The summed E-state index contributed by atoms with van der Waals surface area (Å²) in [5.41, 5.74) is 2.57. The number of aromatic nitrogens is 3.